The first-order valence-corrected chi connectivity index (χ1v) is 9.88. The van der Waals surface area contributed by atoms with Crippen LogP contribution < -0.4 is 5.32 Å². The summed E-state index contributed by atoms with van der Waals surface area (Å²) in [5, 5.41) is 2.84. The van der Waals surface area contributed by atoms with Gasteiger partial charge in [-0.05, 0) is 42.5 Å². The van der Waals surface area contributed by atoms with Crippen LogP contribution in [0.5, 0.6) is 0 Å². The molecule has 3 aromatic rings. The highest BCUT2D eigenvalue weighted by atomic mass is 19.4. The molecule has 1 aromatic heterocycles. The third-order valence-corrected chi connectivity index (χ3v) is 5.26. The SMILES string of the molecule is O=C(COC(=O)Cn1c(C(F)(F)F)nc2ccccc21)NC1CCCc2ccccc21. The molecule has 1 aliphatic rings. The van der Waals surface area contributed by atoms with Crippen molar-refractivity contribution in [2.24, 2.45) is 0 Å². The number of esters is 1. The van der Waals surface area contributed by atoms with E-state index in [9.17, 15) is 22.8 Å². The second kappa shape index (κ2) is 8.41. The molecule has 1 heterocycles. The Morgan fingerprint density at radius 1 is 1.13 bits per heavy atom. The summed E-state index contributed by atoms with van der Waals surface area (Å²) in [7, 11) is 0. The number of amides is 1. The van der Waals surface area contributed by atoms with Gasteiger partial charge in [-0.2, -0.15) is 13.2 Å². The summed E-state index contributed by atoms with van der Waals surface area (Å²) in [4.78, 5) is 28.1. The van der Waals surface area contributed by atoms with E-state index < -0.39 is 37.0 Å². The van der Waals surface area contributed by atoms with Gasteiger partial charge in [-0.1, -0.05) is 36.4 Å². The summed E-state index contributed by atoms with van der Waals surface area (Å²) >= 11 is 0. The predicted molar refractivity (Wildman–Crippen MR) is 106 cm³/mol. The van der Waals surface area contributed by atoms with Crippen LogP contribution >= 0.6 is 0 Å². The molecule has 0 spiro atoms. The average Bonchev–Trinajstić information content (AvgIpc) is 3.12. The Bertz CT molecular complexity index is 1120. The maximum atomic E-state index is 13.3. The topological polar surface area (TPSA) is 73.2 Å². The van der Waals surface area contributed by atoms with Crippen molar-refractivity contribution < 1.29 is 27.5 Å². The van der Waals surface area contributed by atoms with Gasteiger partial charge in [-0.3, -0.25) is 9.59 Å². The molecule has 9 heteroatoms. The number of imidazole rings is 1. The van der Waals surface area contributed by atoms with Gasteiger partial charge in [0.25, 0.3) is 5.91 Å². The van der Waals surface area contributed by atoms with E-state index in [1.807, 2.05) is 24.3 Å². The average molecular weight is 431 g/mol. The van der Waals surface area contributed by atoms with Crippen LogP contribution in [0, 0.1) is 0 Å². The summed E-state index contributed by atoms with van der Waals surface area (Å²) in [5.74, 6) is -2.64. The number of alkyl halides is 3. The number of hydrogen-bond acceptors (Lipinski definition) is 4. The van der Waals surface area contributed by atoms with Gasteiger partial charge in [-0.25, -0.2) is 4.98 Å². The highest BCUT2D eigenvalue weighted by Gasteiger charge is 2.38. The fraction of sp³-hybridized carbons (Fsp3) is 0.318. The van der Waals surface area contributed by atoms with Gasteiger partial charge in [0.1, 0.15) is 6.54 Å². The lowest BCUT2D eigenvalue weighted by Gasteiger charge is -2.26. The van der Waals surface area contributed by atoms with Crippen LogP contribution in [-0.2, 0) is 33.5 Å². The number of carbonyl (C=O) groups is 2. The monoisotopic (exact) mass is 431 g/mol. The molecule has 1 unspecified atom stereocenters. The molecule has 0 fully saturated rings. The Morgan fingerprint density at radius 2 is 1.87 bits per heavy atom. The number of ether oxygens (including phenoxy) is 1. The number of para-hydroxylation sites is 2. The predicted octanol–water partition coefficient (Wildman–Crippen LogP) is 3.79. The number of aromatic nitrogens is 2. The Kier molecular flexibility index (Phi) is 5.67. The molecule has 1 N–H and O–H groups in total. The molecule has 0 aliphatic heterocycles. The van der Waals surface area contributed by atoms with Crippen molar-refractivity contribution in [3.05, 3.63) is 65.5 Å². The summed E-state index contributed by atoms with van der Waals surface area (Å²) in [6.07, 6.45) is -2.09. The maximum Gasteiger partial charge on any atom is 0.449 e. The molecule has 31 heavy (non-hydrogen) atoms. The van der Waals surface area contributed by atoms with Crippen LogP contribution in [-0.4, -0.2) is 28.0 Å². The molecule has 1 aliphatic carbocycles. The van der Waals surface area contributed by atoms with Crippen LogP contribution in [0.15, 0.2) is 48.5 Å². The lowest BCUT2D eigenvalue weighted by molar-refractivity contribution is -0.153. The van der Waals surface area contributed by atoms with Gasteiger partial charge in [0.05, 0.1) is 17.1 Å². The van der Waals surface area contributed by atoms with Crippen molar-refractivity contribution in [3.63, 3.8) is 0 Å². The second-order valence-corrected chi connectivity index (χ2v) is 7.38. The molecular weight excluding hydrogens is 411 g/mol. The van der Waals surface area contributed by atoms with Crippen molar-refractivity contribution >= 4 is 22.9 Å². The number of nitrogens with one attached hydrogen (secondary N) is 1. The maximum absolute atomic E-state index is 13.3. The van der Waals surface area contributed by atoms with Crippen molar-refractivity contribution in [2.45, 2.75) is 38.0 Å². The number of carbonyl (C=O) groups excluding carboxylic acids is 2. The minimum absolute atomic E-state index is 0.122. The van der Waals surface area contributed by atoms with Gasteiger partial charge in [-0.15, -0.1) is 0 Å². The number of aryl methyl sites for hydroxylation is 1. The fourth-order valence-electron chi connectivity index (χ4n) is 3.91. The number of halogens is 3. The van der Waals surface area contributed by atoms with Gasteiger partial charge in [0.15, 0.2) is 6.61 Å². The molecule has 4 rings (SSSR count). The smallest absolute Gasteiger partial charge is 0.449 e. The first kappa shape index (κ1) is 20.9. The van der Waals surface area contributed by atoms with Crippen LogP contribution in [0.1, 0.15) is 35.8 Å². The molecule has 0 radical (unpaired) electrons. The van der Waals surface area contributed by atoms with Crippen LogP contribution in [0.4, 0.5) is 13.2 Å². The summed E-state index contributed by atoms with van der Waals surface area (Å²) in [6.45, 7) is -1.26. The molecule has 1 amide bonds. The molecule has 1 atom stereocenters. The second-order valence-electron chi connectivity index (χ2n) is 7.38. The van der Waals surface area contributed by atoms with Gasteiger partial charge >= 0.3 is 12.1 Å². The molecule has 0 bridgehead atoms. The number of nitrogens with zero attached hydrogens (tertiary/aromatic N) is 2. The summed E-state index contributed by atoms with van der Waals surface area (Å²) in [5.41, 5.74) is 2.49. The largest absolute Gasteiger partial charge is 0.454 e. The Labute approximate surface area is 176 Å². The highest BCUT2D eigenvalue weighted by molar-refractivity contribution is 5.82. The normalized spacial score (nSPS) is 16.0. The van der Waals surface area contributed by atoms with E-state index in [-0.39, 0.29) is 17.1 Å². The van der Waals surface area contributed by atoms with Crippen molar-refractivity contribution in [1.82, 2.24) is 14.9 Å². The Hall–Kier alpha value is -3.36. The van der Waals surface area contributed by atoms with E-state index in [1.54, 1.807) is 12.1 Å². The molecule has 162 valence electrons. The number of rotatable bonds is 5. The standard InChI is InChI=1S/C22H20F3N3O3/c23-22(24,25)21-27-17-9-3-4-11-18(17)28(21)12-20(30)31-13-19(29)26-16-10-5-7-14-6-1-2-8-15(14)16/h1-4,6,8-9,11,16H,5,7,10,12-13H2,(H,26,29). The quantitative estimate of drug-likeness (QED) is 0.624. The van der Waals surface area contributed by atoms with Gasteiger partial charge in [0.2, 0.25) is 5.82 Å². The number of benzene rings is 2. The van der Waals surface area contributed by atoms with E-state index in [2.05, 4.69) is 10.3 Å². The van der Waals surface area contributed by atoms with E-state index in [0.29, 0.717) is 0 Å². The third kappa shape index (κ3) is 4.55. The Morgan fingerprint density at radius 3 is 2.68 bits per heavy atom. The lowest BCUT2D eigenvalue weighted by atomic mass is 9.88. The zero-order chi connectivity index (χ0) is 22.0. The minimum atomic E-state index is -4.73. The van der Waals surface area contributed by atoms with E-state index in [0.717, 1.165) is 29.4 Å². The molecular formula is C22H20F3N3O3. The zero-order valence-electron chi connectivity index (χ0n) is 16.5. The number of fused-ring (bicyclic) bond motifs is 2. The van der Waals surface area contributed by atoms with Crippen LogP contribution in [0.25, 0.3) is 11.0 Å². The molecule has 2 aromatic carbocycles. The van der Waals surface area contributed by atoms with Crippen LogP contribution in [0.2, 0.25) is 0 Å². The first-order valence-electron chi connectivity index (χ1n) is 9.88. The van der Waals surface area contributed by atoms with Crippen molar-refractivity contribution in [3.8, 4) is 0 Å². The Balaban J connectivity index is 1.40. The molecule has 0 saturated carbocycles. The highest BCUT2D eigenvalue weighted by Crippen LogP contribution is 2.31. The van der Waals surface area contributed by atoms with Crippen LogP contribution in [0.3, 0.4) is 0 Å². The minimum Gasteiger partial charge on any atom is -0.454 e. The van der Waals surface area contributed by atoms with Crippen molar-refractivity contribution in [1.29, 1.82) is 0 Å². The van der Waals surface area contributed by atoms with Crippen molar-refractivity contribution in [2.75, 3.05) is 6.61 Å². The fourth-order valence-corrected chi connectivity index (χ4v) is 3.91. The lowest BCUT2D eigenvalue weighted by Crippen LogP contribution is -2.34. The summed E-state index contributed by atoms with van der Waals surface area (Å²) in [6, 6.07) is 13.6. The van der Waals surface area contributed by atoms with E-state index in [1.165, 1.54) is 17.7 Å². The zero-order valence-corrected chi connectivity index (χ0v) is 16.5. The first-order chi connectivity index (χ1) is 14.8. The third-order valence-electron chi connectivity index (χ3n) is 5.26. The number of hydrogen-bond donors (Lipinski definition) is 1. The van der Waals surface area contributed by atoms with Gasteiger partial charge in [0, 0.05) is 0 Å². The van der Waals surface area contributed by atoms with E-state index in [4.69, 9.17) is 4.74 Å². The molecule has 0 saturated heterocycles. The molecule has 6 nitrogen and oxygen atoms in total. The van der Waals surface area contributed by atoms with E-state index >= 15 is 0 Å². The van der Waals surface area contributed by atoms with Gasteiger partial charge < -0.3 is 14.6 Å². The summed E-state index contributed by atoms with van der Waals surface area (Å²) < 4.78 is 45.7.